The molecule has 0 aliphatic carbocycles. The molecule has 1 unspecified atom stereocenters. The third kappa shape index (κ3) is 4.75. The highest BCUT2D eigenvalue weighted by molar-refractivity contribution is 5.78. The number of nitrogens with one attached hydrogen (secondary N) is 1. The van der Waals surface area contributed by atoms with Gasteiger partial charge in [0.05, 0.1) is 27.9 Å². The van der Waals surface area contributed by atoms with Gasteiger partial charge in [-0.15, -0.1) is 0 Å². The molecule has 1 N–H and O–H groups in total. The molecular weight excluding hydrogens is 356 g/mol. The van der Waals surface area contributed by atoms with Crippen LogP contribution in [0.3, 0.4) is 0 Å². The second-order valence-corrected chi connectivity index (χ2v) is 6.86. The summed E-state index contributed by atoms with van der Waals surface area (Å²) in [5, 5.41) is 3.01. The van der Waals surface area contributed by atoms with Crippen LogP contribution in [-0.4, -0.2) is 45.2 Å². The van der Waals surface area contributed by atoms with Gasteiger partial charge in [-0.3, -0.25) is 9.69 Å². The molecule has 2 aromatic carbocycles. The normalized spacial score (nSPS) is 16.6. The van der Waals surface area contributed by atoms with Gasteiger partial charge in [-0.05, 0) is 43.1 Å². The van der Waals surface area contributed by atoms with E-state index in [2.05, 4.69) is 10.2 Å². The zero-order valence-electron chi connectivity index (χ0n) is 16.7. The Morgan fingerprint density at radius 3 is 2.43 bits per heavy atom. The van der Waals surface area contributed by atoms with E-state index in [-0.39, 0.29) is 11.9 Å². The molecule has 150 valence electrons. The number of carbonyl (C=O) groups is 1. The van der Waals surface area contributed by atoms with Crippen LogP contribution in [0.2, 0.25) is 0 Å². The van der Waals surface area contributed by atoms with Crippen LogP contribution in [0.25, 0.3) is 0 Å². The molecule has 1 amide bonds. The van der Waals surface area contributed by atoms with Crippen molar-refractivity contribution in [1.29, 1.82) is 0 Å². The van der Waals surface area contributed by atoms with Crippen LogP contribution in [0.15, 0.2) is 42.5 Å². The van der Waals surface area contributed by atoms with Gasteiger partial charge in [0.15, 0.2) is 0 Å². The van der Waals surface area contributed by atoms with Crippen LogP contribution in [0.1, 0.15) is 30.0 Å². The molecule has 0 spiro atoms. The first-order valence-corrected chi connectivity index (χ1v) is 9.50. The number of methoxy groups -OCH3 is 3. The van der Waals surface area contributed by atoms with Gasteiger partial charge >= 0.3 is 0 Å². The summed E-state index contributed by atoms with van der Waals surface area (Å²) < 4.78 is 16.0. The van der Waals surface area contributed by atoms with Crippen LogP contribution >= 0.6 is 0 Å². The fraction of sp³-hybridized carbons (Fsp3) is 0.409. The van der Waals surface area contributed by atoms with Crippen LogP contribution < -0.4 is 19.5 Å². The van der Waals surface area contributed by atoms with Crippen molar-refractivity contribution < 1.29 is 19.0 Å². The fourth-order valence-electron chi connectivity index (χ4n) is 3.65. The predicted molar refractivity (Wildman–Crippen MR) is 108 cm³/mol. The first kappa shape index (κ1) is 20.0. The number of hydrogen-bond donors (Lipinski definition) is 1. The number of likely N-dealkylation sites (tertiary alicyclic amines) is 1. The van der Waals surface area contributed by atoms with Gasteiger partial charge in [-0.2, -0.15) is 0 Å². The lowest BCUT2D eigenvalue weighted by atomic mass is 10.0. The summed E-state index contributed by atoms with van der Waals surface area (Å²) in [5.41, 5.74) is 2.15. The maximum absolute atomic E-state index is 12.5. The van der Waals surface area contributed by atoms with Gasteiger partial charge < -0.3 is 19.5 Å². The molecule has 0 saturated carbocycles. The zero-order chi connectivity index (χ0) is 19.9. The Morgan fingerprint density at radius 1 is 1.04 bits per heavy atom. The largest absolute Gasteiger partial charge is 0.497 e. The Morgan fingerprint density at radius 2 is 1.75 bits per heavy atom. The third-order valence-electron chi connectivity index (χ3n) is 5.16. The number of ether oxygens (including phenoxy) is 3. The Balaban J connectivity index is 1.60. The highest BCUT2D eigenvalue weighted by atomic mass is 16.5. The average molecular weight is 384 g/mol. The lowest BCUT2D eigenvalue weighted by Crippen LogP contribution is -2.36. The Hall–Kier alpha value is -2.73. The van der Waals surface area contributed by atoms with Gasteiger partial charge in [0.1, 0.15) is 17.2 Å². The molecule has 6 nitrogen and oxygen atoms in total. The van der Waals surface area contributed by atoms with Crippen molar-refractivity contribution >= 4 is 5.91 Å². The Bertz CT molecular complexity index is 792. The standard InChI is InChI=1S/C22H28N2O4/c1-26-17-8-6-16(7-9-17)14-23-22(25)15-24-12-4-5-20(24)19-11-10-18(27-2)13-21(19)28-3/h6-11,13,20H,4-5,12,14-15H2,1-3H3,(H,23,25). The van der Waals surface area contributed by atoms with Crippen molar-refractivity contribution in [2.24, 2.45) is 0 Å². The van der Waals surface area contributed by atoms with Crippen molar-refractivity contribution in [2.75, 3.05) is 34.4 Å². The molecule has 1 atom stereocenters. The van der Waals surface area contributed by atoms with E-state index in [4.69, 9.17) is 14.2 Å². The summed E-state index contributed by atoms with van der Waals surface area (Å²) in [4.78, 5) is 14.7. The second kappa shape index (κ2) is 9.46. The van der Waals surface area contributed by atoms with E-state index < -0.39 is 0 Å². The van der Waals surface area contributed by atoms with Crippen molar-refractivity contribution in [1.82, 2.24) is 10.2 Å². The molecule has 0 radical (unpaired) electrons. The smallest absolute Gasteiger partial charge is 0.234 e. The molecule has 1 aliphatic heterocycles. The van der Waals surface area contributed by atoms with Crippen LogP contribution in [-0.2, 0) is 11.3 Å². The highest BCUT2D eigenvalue weighted by Crippen LogP contribution is 2.38. The Labute approximate surface area is 166 Å². The maximum atomic E-state index is 12.5. The SMILES string of the molecule is COc1ccc(CNC(=O)CN2CCCC2c2ccc(OC)cc2OC)cc1. The van der Waals surface area contributed by atoms with E-state index in [0.717, 1.165) is 47.8 Å². The van der Waals surface area contributed by atoms with Crippen LogP contribution in [0.4, 0.5) is 0 Å². The molecule has 1 aliphatic rings. The van der Waals surface area contributed by atoms with Crippen LogP contribution in [0, 0.1) is 0 Å². The number of hydrogen-bond acceptors (Lipinski definition) is 5. The predicted octanol–water partition coefficient (Wildman–Crippen LogP) is 3.17. The minimum atomic E-state index is 0.0233. The summed E-state index contributed by atoms with van der Waals surface area (Å²) in [5.74, 6) is 2.40. The maximum Gasteiger partial charge on any atom is 0.234 e. The van der Waals surface area contributed by atoms with E-state index >= 15 is 0 Å². The van der Waals surface area contributed by atoms with Crippen molar-refractivity contribution in [2.45, 2.75) is 25.4 Å². The molecule has 1 fully saturated rings. The van der Waals surface area contributed by atoms with E-state index in [9.17, 15) is 4.79 Å². The van der Waals surface area contributed by atoms with Crippen molar-refractivity contribution in [3.05, 3.63) is 53.6 Å². The summed E-state index contributed by atoms with van der Waals surface area (Å²) >= 11 is 0. The van der Waals surface area contributed by atoms with Gasteiger partial charge in [0.25, 0.3) is 0 Å². The summed E-state index contributed by atoms with van der Waals surface area (Å²) in [6.07, 6.45) is 2.07. The third-order valence-corrected chi connectivity index (χ3v) is 5.16. The average Bonchev–Trinajstić information content (AvgIpc) is 3.19. The number of rotatable bonds is 8. The molecule has 28 heavy (non-hydrogen) atoms. The van der Waals surface area contributed by atoms with E-state index in [1.54, 1.807) is 21.3 Å². The van der Waals surface area contributed by atoms with E-state index in [1.165, 1.54) is 0 Å². The minimum absolute atomic E-state index is 0.0233. The van der Waals surface area contributed by atoms with Crippen molar-refractivity contribution in [3.63, 3.8) is 0 Å². The van der Waals surface area contributed by atoms with E-state index in [1.807, 2.05) is 42.5 Å². The van der Waals surface area contributed by atoms with Crippen LogP contribution in [0.5, 0.6) is 17.2 Å². The van der Waals surface area contributed by atoms with Gasteiger partial charge in [-0.1, -0.05) is 18.2 Å². The topological polar surface area (TPSA) is 60.0 Å². The monoisotopic (exact) mass is 384 g/mol. The number of carbonyl (C=O) groups excluding carboxylic acids is 1. The molecule has 0 bridgehead atoms. The summed E-state index contributed by atoms with van der Waals surface area (Å²) in [7, 11) is 4.95. The van der Waals surface area contributed by atoms with Gasteiger partial charge in [-0.25, -0.2) is 0 Å². The first-order valence-electron chi connectivity index (χ1n) is 9.50. The first-order chi connectivity index (χ1) is 13.6. The molecule has 1 heterocycles. The molecule has 6 heteroatoms. The fourth-order valence-corrected chi connectivity index (χ4v) is 3.65. The number of nitrogens with zero attached hydrogens (tertiary/aromatic N) is 1. The molecule has 0 aromatic heterocycles. The lowest BCUT2D eigenvalue weighted by molar-refractivity contribution is -0.122. The minimum Gasteiger partial charge on any atom is -0.497 e. The van der Waals surface area contributed by atoms with Crippen molar-refractivity contribution in [3.8, 4) is 17.2 Å². The molecular formula is C22H28N2O4. The molecule has 2 aromatic rings. The highest BCUT2D eigenvalue weighted by Gasteiger charge is 2.29. The number of amides is 1. The lowest BCUT2D eigenvalue weighted by Gasteiger charge is -2.26. The number of benzene rings is 2. The molecule has 1 saturated heterocycles. The second-order valence-electron chi connectivity index (χ2n) is 6.86. The van der Waals surface area contributed by atoms with Gasteiger partial charge in [0, 0.05) is 24.2 Å². The zero-order valence-corrected chi connectivity index (χ0v) is 16.7. The summed E-state index contributed by atoms with van der Waals surface area (Å²) in [6, 6.07) is 13.8. The van der Waals surface area contributed by atoms with Gasteiger partial charge in [0.2, 0.25) is 5.91 Å². The molecule has 3 rings (SSSR count). The summed E-state index contributed by atoms with van der Waals surface area (Å²) in [6.45, 7) is 1.78. The quantitative estimate of drug-likeness (QED) is 0.758. The Kier molecular flexibility index (Phi) is 6.76. The van der Waals surface area contributed by atoms with E-state index in [0.29, 0.717) is 13.1 Å².